The van der Waals surface area contributed by atoms with E-state index in [1.54, 1.807) is 0 Å². The Morgan fingerprint density at radius 1 is 1.21 bits per heavy atom. The first kappa shape index (κ1) is 19.0. The number of hydrogen-bond acceptors (Lipinski definition) is 3. The second-order valence-electron chi connectivity index (χ2n) is 4.63. The first-order valence-electron chi connectivity index (χ1n) is 6.52. The number of nitrogens with two attached hydrogens (primary N) is 1. The number of aliphatic carboxylic acids is 1. The lowest BCUT2D eigenvalue weighted by Gasteiger charge is -2.07. The molecule has 0 saturated carbocycles. The number of oxime groups is 1. The van der Waals surface area contributed by atoms with Gasteiger partial charge in [0.15, 0.2) is 5.84 Å². The lowest BCUT2D eigenvalue weighted by molar-refractivity contribution is -0.137. The van der Waals surface area contributed by atoms with E-state index in [0.29, 0.717) is 5.56 Å². The third-order valence-electron chi connectivity index (χ3n) is 2.76. The van der Waals surface area contributed by atoms with Gasteiger partial charge < -0.3 is 15.7 Å². The molecule has 0 aromatic heterocycles. The van der Waals surface area contributed by atoms with Crippen LogP contribution in [0.2, 0.25) is 0 Å². The zero-order valence-electron chi connectivity index (χ0n) is 12.5. The van der Waals surface area contributed by atoms with Gasteiger partial charge >= 0.3 is 12.1 Å². The van der Waals surface area contributed by atoms with Gasteiger partial charge in [0.05, 0.1) is 11.1 Å². The smallest absolute Gasteiger partial charge is 0.416 e. The van der Waals surface area contributed by atoms with E-state index in [1.807, 2.05) is 0 Å². The molecular weight excluding hydrogens is 325 g/mol. The topological polar surface area (TPSA) is 84.9 Å². The van der Waals surface area contributed by atoms with Crippen LogP contribution in [0.4, 0.5) is 13.2 Å². The molecule has 0 saturated heterocycles. The zero-order valence-corrected chi connectivity index (χ0v) is 12.5. The number of carboxylic acids is 1. The zero-order chi connectivity index (χ0) is 18.3. The van der Waals surface area contributed by atoms with E-state index in [0.717, 1.165) is 12.1 Å². The van der Waals surface area contributed by atoms with Crippen LogP contribution in [0, 0.1) is 0 Å². The number of amidine groups is 1. The van der Waals surface area contributed by atoms with E-state index < -0.39 is 17.7 Å². The van der Waals surface area contributed by atoms with Gasteiger partial charge in [0.1, 0.15) is 6.61 Å². The fraction of sp³-hybridized carbons (Fsp3) is 0.125. The van der Waals surface area contributed by atoms with Gasteiger partial charge in [-0.2, -0.15) is 13.2 Å². The second-order valence-corrected chi connectivity index (χ2v) is 4.63. The first-order valence-corrected chi connectivity index (χ1v) is 6.52. The Balaban J connectivity index is 2.58. The van der Waals surface area contributed by atoms with E-state index in [4.69, 9.17) is 15.7 Å². The number of benzene rings is 1. The standard InChI is InChI=1S/C16H15F3N2O3/c1-10(3-4-11(2)15(22)23)14(20)21-24-9-12-5-7-13(8-6-12)16(17,18)19/h3-8H,1-2,9H2,(H2,20,21)(H,22,23)/b4-3-. The molecule has 0 atom stereocenters. The molecule has 128 valence electrons. The molecule has 8 heteroatoms. The van der Waals surface area contributed by atoms with Gasteiger partial charge in [-0.25, -0.2) is 4.79 Å². The maximum absolute atomic E-state index is 12.4. The number of carboxylic acid groups (broad SMARTS) is 1. The molecule has 0 fully saturated rings. The molecule has 0 amide bonds. The van der Waals surface area contributed by atoms with Crippen LogP contribution >= 0.6 is 0 Å². The summed E-state index contributed by atoms with van der Waals surface area (Å²) in [6.07, 6.45) is -1.90. The molecule has 0 spiro atoms. The Labute approximate surface area is 136 Å². The SMILES string of the molecule is C=C(/C=C\C(=C)/C(N)=N/OCc1ccc(C(F)(F)F)cc1)C(=O)O. The number of rotatable bonds is 7. The van der Waals surface area contributed by atoms with Gasteiger partial charge in [0, 0.05) is 5.57 Å². The monoisotopic (exact) mass is 340 g/mol. The number of hydrogen-bond donors (Lipinski definition) is 2. The van der Waals surface area contributed by atoms with Crippen molar-refractivity contribution in [3.05, 3.63) is 71.8 Å². The van der Waals surface area contributed by atoms with Gasteiger partial charge in [0.2, 0.25) is 0 Å². The van der Waals surface area contributed by atoms with E-state index in [2.05, 4.69) is 18.3 Å². The van der Waals surface area contributed by atoms with Crippen LogP contribution in [-0.2, 0) is 22.4 Å². The molecule has 0 heterocycles. The van der Waals surface area contributed by atoms with Crippen molar-refractivity contribution in [3.8, 4) is 0 Å². The summed E-state index contributed by atoms with van der Waals surface area (Å²) in [5, 5.41) is 12.2. The van der Waals surface area contributed by atoms with E-state index >= 15 is 0 Å². The van der Waals surface area contributed by atoms with Crippen LogP contribution in [0.25, 0.3) is 0 Å². The summed E-state index contributed by atoms with van der Waals surface area (Å²) >= 11 is 0. The van der Waals surface area contributed by atoms with Crippen molar-refractivity contribution >= 4 is 11.8 Å². The summed E-state index contributed by atoms with van der Waals surface area (Å²) in [7, 11) is 0. The van der Waals surface area contributed by atoms with Crippen molar-refractivity contribution in [2.75, 3.05) is 0 Å². The van der Waals surface area contributed by atoms with Crippen molar-refractivity contribution in [2.24, 2.45) is 10.9 Å². The molecular formula is C16H15F3N2O3. The van der Waals surface area contributed by atoms with Gasteiger partial charge in [-0.05, 0) is 23.8 Å². The van der Waals surface area contributed by atoms with E-state index in [-0.39, 0.29) is 23.6 Å². The van der Waals surface area contributed by atoms with E-state index in [1.165, 1.54) is 24.3 Å². The Bertz CT molecular complexity index is 690. The van der Waals surface area contributed by atoms with Gasteiger partial charge in [-0.15, -0.1) is 0 Å². The highest BCUT2D eigenvalue weighted by Gasteiger charge is 2.29. The van der Waals surface area contributed by atoms with Crippen LogP contribution in [0.1, 0.15) is 11.1 Å². The number of halogens is 3. The van der Waals surface area contributed by atoms with Crippen LogP contribution in [-0.4, -0.2) is 16.9 Å². The maximum atomic E-state index is 12.4. The van der Waals surface area contributed by atoms with Gasteiger partial charge in [0.25, 0.3) is 0 Å². The Morgan fingerprint density at radius 2 is 1.75 bits per heavy atom. The lowest BCUT2D eigenvalue weighted by Crippen LogP contribution is -2.13. The highest BCUT2D eigenvalue weighted by molar-refractivity contribution is 5.99. The molecule has 0 unspecified atom stereocenters. The molecule has 5 nitrogen and oxygen atoms in total. The van der Waals surface area contributed by atoms with Gasteiger partial charge in [-0.3, -0.25) is 0 Å². The van der Waals surface area contributed by atoms with Crippen LogP contribution in [0.15, 0.2) is 65.9 Å². The van der Waals surface area contributed by atoms with Crippen molar-refractivity contribution in [1.29, 1.82) is 0 Å². The van der Waals surface area contributed by atoms with Crippen LogP contribution in [0.5, 0.6) is 0 Å². The van der Waals surface area contributed by atoms with Crippen molar-refractivity contribution in [3.63, 3.8) is 0 Å². The molecule has 0 aliphatic carbocycles. The Hall–Kier alpha value is -3.03. The predicted octanol–water partition coefficient (Wildman–Crippen LogP) is 3.25. The predicted molar refractivity (Wildman–Crippen MR) is 82.9 cm³/mol. The second kappa shape index (κ2) is 8.00. The van der Waals surface area contributed by atoms with E-state index in [9.17, 15) is 18.0 Å². The summed E-state index contributed by atoms with van der Waals surface area (Å²) in [5.74, 6) is -1.29. The molecule has 0 aliphatic rings. The highest BCUT2D eigenvalue weighted by Crippen LogP contribution is 2.29. The Kier molecular flexibility index (Phi) is 6.34. The number of alkyl halides is 3. The van der Waals surface area contributed by atoms with Crippen LogP contribution in [0.3, 0.4) is 0 Å². The summed E-state index contributed by atoms with van der Waals surface area (Å²) in [4.78, 5) is 15.5. The summed E-state index contributed by atoms with van der Waals surface area (Å²) < 4.78 is 37.3. The fourth-order valence-corrected chi connectivity index (χ4v) is 1.38. The number of carbonyl (C=O) groups is 1. The lowest BCUT2D eigenvalue weighted by atomic mass is 10.1. The molecule has 1 aromatic rings. The minimum Gasteiger partial charge on any atom is -0.478 e. The van der Waals surface area contributed by atoms with Gasteiger partial charge in [-0.1, -0.05) is 36.5 Å². The quantitative estimate of drug-likeness (QED) is 0.262. The summed E-state index contributed by atoms with van der Waals surface area (Å²) in [5.41, 5.74) is 5.33. The molecule has 0 aliphatic heterocycles. The molecule has 3 N–H and O–H groups in total. The molecule has 1 rings (SSSR count). The van der Waals surface area contributed by atoms with Crippen LogP contribution < -0.4 is 5.73 Å². The van der Waals surface area contributed by atoms with Crippen molar-refractivity contribution in [2.45, 2.75) is 12.8 Å². The largest absolute Gasteiger partial charge is 0.478 e. The third-order valence-corrected chi connectivity index (χ3v) is 2.76. The average Bonchev–Trinajstić information content (AvgIpc) is 2.51. The maximum Gasteiger partial charge on any atom is 0.416 e. The minimum absolute atomic E-state index is 0.0856. The van der Waals surface area contributed by atoms with Crippen molar-refractivity contribution in [1.82, 2.24) is 0 Å². The summed E-state index contributed by atoms with van der Waals surface area (Å²) in [6.45, 7) is 6.78. The average molecular weight is 340 g/mol. The highest BCUT2D eigenvalue weighted by atomic mass is 19.4. The molecule has 1 aromatic carbocycles. The minimum atomic E-state index is -4.40. The summed E-state index contributed by atoms with van der Waals surface area (Å²) in [6, 6.07) is 4.40. The normalized spacial score (nSPS) is 12.2. The first-order chi connectivity index (χ1) is 11.1. The Morgan fingerprint density at radius 3 is 2.25 bits per heavy atom. The molecule has 24 heavy (non-hydrogen) atoms. The molecule has 0 radical (unpaired) electrons. The molecule has 0 bridgehead atoms. The van der Waals surface area contributed by atoms with Crippen molar-refractivity contribution < 1.29 is 27.9 Å². The fourth-order valence-electron chi connectivity index (χ4n) is 1.38. The third kappa shape index (κ3) is 5.99. The number of nitrogens with zero attached hydrogens (tertiary/aromatic N) is 1.